The molecule has 0 aliphatic carbocycles. The van der Waals surface area contributed by atoms with Gasteiger partial charge in [0.15, 0.2) is 0 Å². The molecule has 0 fully saturated rings. The van der Waals surface area contributed by atoms with E-state index in [2.05, 4.69) is 29.1 Å². The summed E-state index contributed by atoms with van der Waals surface area (Å²) in [5, 5.41) is 2.61. The molecular weight excluding hydrogens is 356 g/mol. The first kappa shape index (κ1) is 15.8. The zero-order valence-electron chi connectivity index (χ0n) is 12.9. The Bertz CT molecular complexity index is 976. The molecule has 0 unspecified atom stereocenters. The van der Waals surface area contributed by atoms with E-state index < -0.39 is 0 Å². The molecule has 0 spiro atoms. The molecule has 118 valence electrons. The Hall–Kier alpha value is -2.07. The number of allylic oxidation sites excluding steroid dienone is 2. The highest BCUT2D eigenvalue weighted by atomic mass is 79.9. The van der Waals surface area contributed by atoms with Crippen molar-refractivity contribution in [1.82, 2.24) is 0 Å². The Morgan fingerprint density at radius 1 is 1.09 bits per heavy atom. The number of benzene rings is 1. The average Bonchev–Trinajstić information content (AvgIpc) is 2.85. The van der Waals surface area contributed by atoms with Crippen LogP contribution < -0.4 is 5.63 Å². The van der Waals surface area contributed by atoms with Crippen LogP contribution in [0.5, 0.6) is 0 Å². The number of fused-ring (bicyclic) bond motifs is 2. The normalized spacial score (nSPS) is 11.2. The van der Waals surface area contributed by atoms with Crippen LogP contribution in [0.3, 0.4) is 0 Å². The van der Waals surface area contributed by atoms with Crippen molar-refractivity contribution in [2.75, 3.05) is 0 Å². The van der Waals surface area contributed by atoms with Gasteiger partial charge in [-0.15, -0.1) is 13.2 Å². The summed E-state index contributed by atoms with van der Waals surface area (Å²) in [6.45, 7) is 9.63. The van der Waals surface area contributed by atoms with Crippen LogP contribution in [0.1, 0.15) is 22.5 Å². The van der Waals surface area contributed by atoms with Crippen molar-refractivity contribution < 1.29 is 8.83 Å². The summed E-state index contributed by atoms with van der Waals surface area (Å²) in [7, 11) is 0. The largest absolute Gasteiger partial charge is 0.459 e. The molecule has 23 heavy (non-hydrogen) atoms. The molecule has 3 nitrogen and oxygen atoms in total. The van der Waals surface area contributed by atoms with Gasteiger partial charge in [0.1, 0.15) is 16.9 Å². The van der Waals surface area contributed by atoms with Gasteiger partial charge >= 0.3 is 5.63 Å². The van der Waals surface area contributed by atoms with Crippen LogP contribution in [-0.4, -0.2) is 0 Å². The molecule has 2 aromatic heterocycles. The molecule has 1 aromatic carbocycles. The maximum atomic E-state index is 11.9. The SMILES string of the molecule is C=CCc1cc(=O)oc2c(CC=C)c3oc(CBr)c(C)c3cc12. The lowest BCUT2D eigenvalue weighted by atomic mass is 9.98. The van der Waals surface area contributed by atoms with E-state index in [1.807, 2.05) is 13.0 Å². The zero-order chi connectivity index (χ0) is 16.6. The first-order chi connectivity index (χ1) is 11.1. The minimum absolute atomic E-state index is 0.358. The third-order valence-electron chi connectivity index (χ3n) is 4.05. The molecule has 2 heterocycles. The number of aryl methyl sites for hydroxylation is 1. The van der Waals surface area contributed by atoms with E-state index in [-0.39, 0.29) is 5.63 Å². The monoisotopic (exact) mass is 372 g/mol. The lowest BCUT2D eigenvalue weighted by Gasteiger charge is -2.08. The molecule has 4 heteroatoms. The third kappa shape index (κ3) is 2.57. The average molecular weight is 373 g/mol. The number of alkyl halides is 1. The Balaban J connectivity index is 2.53. The Labute approximate surface area is 142 Å². The highest BCUT2D eigenvalue weighted by molar-refractivity contribution is 9.08. The Morgan fingerprint density at radius 2 is 1.78 bits per heavy atom. The van der Waals surface area contributed by atoms with E-state index in [0.717, 1.165) is 38.8 Å². The van der Waals surface area contributed by atoms with Gasteiger partial charge in [0.2, 0.25) is 0 Å². The molecule has 3 rings (SSSR count). The molecule has 0 N–H and O–H groups in total. The van der Waals surface area contributed by atoms with Crippen molar-refractivity contribution >= 4 is 37.9 Å². The molecule has 0 aliphatic rings. The van der Waals surface area contributed by atoms with E-state index in [4.69, 9.17) is 8.83 Å². The van der Waals surface area contributed by atoms with Gasteiger partial charge in [-0.3, -0.25) is 0 Å². The highest BCUT2D eigenvalue weighted by Gasteiger charge is 2.19. The van der Waals surface area contributed by atoms with Crippen LogP contribution in [0.25, 0.3) is 21.9 Å². The quantitative estimate of drug-likeness (QED) is 0.351. The molecule has 0 saturated carbocycles. The van der Waals surface area contributed by atoms with Crippen molar-refractivity contribution in [3.05, 3.63) is 70.3 Å². The van der Waals surface area contributed by atoms with Gasteiger partial charge in [-0.1, -0.05) is 28.1 Å². The summed E-state index contributed by atoms with van der Waals surface area (Å²) in [6.07, 6.45) is 4.77. The Kier molecular flexibility index (Phi) is 4.26. The van der Waals surface area contributed by atoms with Crippen LogP contribution in [0.15, 0.2) is 51.1 Å². The van der Waals surface area contributed by atoms with Gasteiger partial charge in [0.25, 0.3) is 0 Å². The third-order valence-corrected chi connectivity index (χ3v) is 4.56. The van der Waals surface area contributed by atoms with Gasteiger partial charge < -0.3 is 8.83 Å². The van der Waals surface area contributed by atoms with E-state index in [0.29, 0.717) is 23.8 Å². The summed E-state index contributed by atoms with van der Waals surface area (Å²) in [5.74, 6) is 0.883. The lowest BCUT2D eigenvalue weighted by Crippen LogP contribution is -2.02. The molecule has 0 aliphatic heterocycles. The van der Waals surface area contributed by atoms with Gasteiger partial charge in [-0.25, -0.2) is 4.79 Å². The molecule has 0 bridgehead atoms. The summed E-state index contributed by atoms with van der Waals surface area (Å²) in [6, 6.07) is 3.58. The molecule has 0 radical (unpaired) electrons. The Morgan fingerprint density at radius 3 is 2.43 bits per heavy atom. The second-order valence-corrected chi connectivity index (χ2v) is 6.03. The van der Waals surface area contributed by atoms with Gasteiger partial charge in [0, 0.05) is 22.4 Å². The smallest absolute Gasteiger partial charge is 0.336 e. The second-order valence-electron chi connectivity index (χ2n) is 5.47. The minimum atomic E-state index is -0.358. The van der Waals surface area contributed by atoms with E-state index >= 15 is 0 Å². The van der Waals surface area contributed by atoms with Crippen molar-refractivity contribution in [2.45, 2.75) is 25.1 Å². The standard InChI is InChI=1S/C19H17BrO3/c1-4-6-12-8-17(21)23-19-13(7-5-2)18-14(9-15(12)19)11(3)16(10-20)22-18/h4-5,8-9H,1-2,6-7,10H2,3H3. The zero-order valence-corrected chi connectivity index (χ0v) is 14.5. The van der Waals surface area contributed by atoms with Crippen LogP contribution in [0, 0.1) is 6.92 Å². The van der Waals surface area contributed by atoms with Crippen LogP contribution in [0.2, 0.25) is 0 Å². The van der Waals surface area contributed by atoms with E-state index in [9.17, 15) is 4.79 Å². The summed E-state index contributed by atoms with van der Waals surface area (Å²) >= 11 is 3.46. The predicted molar refractivity (Wildman–Crippen MR) is 97.4 cm³/mol. The first-order valence-electron chi connectivity index (χ1n) is 7.39. The van der Waals surface area contributed by atoms with Gasteiger partial charge in [-0.2, -0.15) is 0 Å². The van der Waals surface area contributed by atoms with Crippen molar-refractivity contribution in [3.63, 3.8) is 0 Å². The number of halogens is 1. The number of hydrogen-bond acceptors (Lipinski definition) is 3. The minimum Gasteiger partial charge on any atom is -0.459 e. The first-order valence-corrected chi connectivity index (χ1v) is 8.51. The number of furan rings is 1. The van der Waals surface area contributed by atoms with Crippen molar-refractivity contribution in [3.8, 4) is 0 Å². The fourth-order valence-corrected chi connectivity index (χ4v) is 3.47. The predicted octanol–water partition coefficient (Wildman–Crippen LogP) is 5.20. The van der Waals surface area contributed by atoms with E-state index in [1.165, 1.54) is 6.07 Å². The maximum absolute atomic E-state index is 11.9. The summed E-state index contributed by atoms with van der Waals surface area (Å²) in [5.41, 5.74) is 3.87. The maximum Gasteiger partial charge on any atom is 0.336 e. The van der Waals surface area contributed by atoms with Crippen molar-refractivity contribution in [1.29, 1.82) is 0 Å². The summed E-state index contributed by atoms with van der Waals surface area (Å²) in [4.78, 5) is 11.9. The molecule has 3 aromatic rings. The topological polar surface area (TPSA) is 43.4 Å². The van der Waals surface area contributed by atoms with Crippen LogP contribution in [0.4, 0.5) is 0 Å². The second kappa shape index (κ2) is 6.20. The summed E-state index contributed by atoms with van der Waals surface area (Å²) < 4.78 is 11.5. The fourth-order valence-electron chi connectivity index (χ4n) is 2.94. The lowest BCUT2D eigenvalue weighted by molar-refractivity contribution is 0.548. The molecular formula is C19H17BrO3. The van der Waals surface area contributed by atoms with Gasteiger partial charge in [-0.05, 0) is 37.0 Å². The number of rotatable bonds is 5. The van der Waals surface area contributed by atoms with E-state index in [1.54, 1.807) is 12.2 Å². The molecule has 0 amide bonds. The molecule has 0 atom stereocenters. The highest BCUT2D eigenvalue weighted by Crippen LogP contribution is 2.35. The van der Waals surface area contributed by atoms with Crippen LogP contribution >= 0.6 is 15.9 Å². The van der Waals surface area contributed by atoms with Gasteiger partial charge in [0.05, 0.1) is 5.33 Å². The van der Waals surface area contributed by atoms with Crippen LogP contribution in [-0.2, 0) is 18.2 Å². The van der Waals surface area contributed by atoms with Crippen molar-refractivity contribution in [2.24, 2.45) is 0 Å². The molecule has 0 saturated heterocycles. The number of hydrogen-bond donors (Lipinski definition) is 0. The fraction of sp³-hybridized carbons (Fsp3) is 0.211.